The number of aromatic hydroxyl groups is 1. The molecule has 0 radical (unpaired) electrons. The number of nitrogens with zero attached hydrogens (tertiary/aromatic N) is 2. The highest BCUT2D eigenvalue weighted by Gasteiger charge is 2.64. The minimum absolute atomic E-state index is 0.0477. The van der Waals surface area contributed by atoms with E-state index in [-0.39, 0.29) is 29.7 Å². The van der Waals surface area contributed by atoms with Gasteiger partial charge >= 0.3 is 6.09 Å². The summed E-state index contributed by atoms with van der Waals surface area (Å²) in [6, 6.07) is 5.04. The van der Waals surface area contributed by atoms with E-state index >= 15 is 0 Å². The molecule has 1 aromatic carbocycles. The molecule has 1 aromatic heterocycles. The predicted molar refractivity (Wildman–Crippen MR) is 149 cm³/mol. The van der Waals surface area contributed by atoms with E-state index in [2.05, 4.69) is 0 Å². The molecule has 0 aliphatic heterocycles. The van der Waals surface area contributed by atoms with E-state index in [1.165, 1.54) is 35.8 Å². The number of phenols is 1. The number of primary amides is 1. The molecule has 0 unspecified atom stereocenters. The van der Waals surface area contributed by atoms with E-state index in [0.29, 0.717) is 16.8 Å². The molecule has 12 nitrogen and oxygen atoms in total. The summed E-state index contributed by atoms with van der Waals surface area (Å²) in [5.41, 5.74) is 2.02. The number of benzene rings is 1. The van der Waals surface area contributed by atoms with Gasteiger partial charge in [-0.25, -0.2) is 4.79 Å². The van der Waals surface area contributed by atoms with Crippen molar-refractivity contribution in [1.29, 1.82) is 0 Å². The van der Waals surface area contributed by atoms with Gasteiger partial charge in [-0.3, -0.25) is 23.9 Å². The SMILES string of the molecule is CN(C)[C@@H]1C(=O)C(C(N)=O)=C(O)[C@@]2(O)C(=O)C3=C(O)c4c(O)ccc(-c5cccn5C(=O)OC(C)(C)C)c4C[C@H]3C[C@@H]12. The number of phenolic OH excluding ortho intramolecular Hbond substituents is 1. The van der Waals surface area contributed by atoms with Gasteiger partial charge in [-0.2, -0.15) is 0 Å². The van der Waals surface area contributed by atoms with E-state index in [4.69, 9.17) is 10.5 Å². The van der Waals surface area contributed by atoms with E-state index in [1.807, 2.05) is 0 Å². The maximum Gasteiger partial charge on any atom is 0.418 e. The van der Waals surface area contributed by atoms with Crippen molar-refractivity contribution in [3.05, 3.63) is 58.5 Å². The lowest BCUT2D eigenvalue weighted by atomic mass is 9.57. The van der Waals surface area contributed by atoms with Gasteiger partial charge in [-0.05, 0) is 83.5 Å². The van der Waals surface area contributed by atoms with Crippen LogP contribution in [-0.4, -0.2) is 84.8 Å². The maximum absolute atomic E-state index is 14.0. The second kappa shape index (κ2) is 9.57. The van der Waals surface area contributed by atoms with Gasteiger partial charge in [0.05, 0.1) is 17.3 Å². The van der Waals surface area contributed by atoms with Gasteiger partial charge in [0, 0.05) is 23.3 Å². The number of aliphatic hydroxyl groups excluding tert-OH is 2. The lowest BCUT2D eigenvalue weighted by Gasteiger charge is -2.50. The zero-order valence-electron chi connectivity index (χ0n) is 23.8. The lowest BCUT2D eigenvalue weighted by Crippen LogP contribution is -2.65. The highest BCUT2D eigenvalue weighted by Crippen LogP contribution is 2.53. The summed E-state index contributed by atoms with van der Waals surface area (Å²) in [4.78, 5) is 53.8. The zero-order chi connectivity index (χ0) is 31.0. The summed E-state index contributed by atoms with van der Waals surface area (Å²) in [6.07, 6.45) is 0.920. The molecular weight excluding hydrogens is 546 g/mol. The average Bonchev–Trinajstić information content (AvgIpc) is 3.35. The molecule has 1 fully saturated rings. The Morgan fingerprint density at radius 1 is 1.12 bits per heavy atom. The third-order valence-electron chi connectivity index (χ3n) is 8.22. The number of aliphatic hydroxyl groups is 3. The summed E-state index contributed by atoms with van der Waals surface area (Å²) >= 11 is 0. The molecule has 42 heavy (non-hydrogen) atoms. The Balaban J connectivity index is 1.70. The number of likely N-dealkylation sites (N-methyl/N-ethyl adjacent to an activating group) is 1. The molecule has 3 aliphatic rings. The van der Waals surface area contributed by atoms with Crippen molar-refractivity contribution in [3.8, 4) is 17.0 Å². The molecule has 1 heterocycles. The number of aromatic nitrogens is 1. The molecule has 6 N–H and O–H groups in total. The molecule has 0 bridgehead atoms. The first-order valence-corrected chi connectivity index (χ1v) is 13.4. The molecule has 0 saturated heterocycles. The predicted octanol–water partition coefficient (Wildman–Crippen LogP) is 2.22. The van der Waals surface area contributed by atoms with Crippen LogP contribution in [-0.2, 0) is 25.5 Å². The molecular formula is C30H33N3O9. The Kier molecular flexibility index (Phi) is 6.62. The van der Waals surface area contributed by atoms with Gasteiger partial charge in [0.2, 0.25) is 5.78 Å². The van der Waals surface area contributed by atoms with Crippen LogP contribution in [0.4, 0.5) is 4.79 Å². The monoisotopic (exact) mass is 579 g/mol. The minimum Gasteiger partial charge on any atom is -0.508 e. The highest BCUT2D eigenvalue weighted by molar-refractivity contribution is 6.24. The van der Waals surface area contributed by atoms with Crippen LogP contribution in [0.3, 0.4) is 0 Å². The smallest absolute Gasteiger partial charge is 0.418 e. The number of hydrogen-bond donors (Lipinski definition) is 5. The number of fused-ring (bicyclic) bond motifs is 3. The minimum atomic E-state index is -2.72. The van der Waals surface area contributed by atoms with Crippen LogP contribution in [0.5, 0.6) is 5.75 Å². The van der Waals surface area contributed by atoms with E-state index in [9.17, 15) is 39.6 Å². The van der Waals surface area contributed by atoms with Crippen molar-refractivity contribution in [1.82, 2.24) is 9.47 Å². The molecule has 222 valence electrons. The topological polar surface area (TPSA) is 193 Å². The number of rotatable bonds is 3. The van der Waals surface area contributed by atoms with Crippen molar-refractivity contribution >= 4 is 29.3 Å². The van der Waals surface area contributed by atoms with E-state index in [1.54, 1.807) is 39.0 Å². The molecule has 1 amide bonds. The van der Waals surface area contributed by atoms with Crippen LogP contribution in [0, 0.1) is 11.8 Å². The van der Waals surface area contributed by atoms with E-state index < -0.39 is 69.7 Å². The highest BCUT2D eigenvalue weighted by atomic mass is 16.6. The van der Waals surface area contributed by atoms with E-state index in [0.717, 1.165) is 0 Å². The van der Waals surface area contributed by atoms with Crippen LogP contribution in [0.15, 0.2) is 47.4 Å². The molecule has 1 saturated carbocycles. The van der Waals surface area contributed by atoms with Crippen molar-refractivity contribution in [2.45, 2.75) is 50.9 Å². The summed E-state index contributed by atoms with van der Waals surface area (Å²) in [5.74, 6) is -7.27. The van der Waals surface area contributed by atoms with Crippen LogP contribution >= 0.6 is 0 Å². The number of amides is 1. The van der Waals surface area contributed by atoms with Gasteiger partial charge in [-0.1, -0.05) is 0 Å². The van der Waals surface area contributed by atoms with Gasteiger partial charge in [-0.15, -0.1) is 0 Å². The molecule has 12 heteroatoms. The largest absolute Gasteiger partial charge is 0.508 e. The van der Waals surface area contributed by atoms with Crippen LogP contribution < -0.4 is 5.73 Å². The zero-order valence-corrected chi connectivity index (χ0v) is 23.8. The number of hydrogen-bond acceptors (Lipinski definition) is 10. The Labute approximate surface area is 241 Å². The lowest BCUT2D eigenvalue weighted by molar-refractivity contribution is -0.153. The number of nitrogens with two attached hydrogens (primary N) is 1. The molecule has 0 spiro atoms. The van der Waals surface area contributed by atoms with Crippen LogP contribution in [0.25, 0.3) is 17.0 Å². The van der Waals surface area contributed by atoms with Crippen molar-refractivity contribution in [2.24, 2.45) is 17.6 Å². The fourth-order valence-corrected chi connectivity index (χ4v) is 6.55. The number of ketones is 2. The second-order valence-electron chi connectivity index (χ2n) is 12.2. The van der Waals surface area contributed by atoms with Gasteiger partial charge in [0.15, 0.2) is 11.4 Å². The Hall–Kier alpha value is -4.42. The molecule has 2 aromatic rings. The van der Waals surface area contributed by atoms with Gasteiger partial charge < -0.3 is 30.9 Å². The molecule has 3 aliphatic carbocycles. The van der Waals surface area contributed by atoms with Gasteiger partial charge in [0.1, 0.15) is 28.4 Å². The first kappa shape index (κ1) is 29.1. The summed E-state index contributed by atoms with van der Waals surface area (Å²) in [6.45, 7) is 5.20. The Morgan fingerprint density at radius 3 is 2.38 bits per heavy atom. The Bertz CT molecular complexity index is 1620. The number of ether oxygens (including phenoxy) is 1. The normalized spacial score (nSPS) is 25.7. The van der Waals surface area contributed by atoms with Crippen molar-refractivity contribution in [3.63, 3.8) is 0 Å². The Morgan fingerprint density at radius 2 is 1.79 bits per heavy atom. The van der Waals surface area contributed by atoms with Crippen LogP contribution in [0.2, 0.25) is 0 Å². The first-order valence-electron chi connectivity index (χ1n) is 13.4. The third kappa shape index (κ3) is 4.12. The summed E-state index contributed by atoms with van der Waals surface area (Å²) in [5, 5.41) is 45.0. The fourth-order valence-electron chi connectivity index (χ4n) is 6.55. The number of carbonyl (C=O) groups excluding carboxylic acids is 4. The van der Waals surface area contributed by atoms with Crippen molar-refractivity contribution in [2.75, 3.05) is 14.1 Å². The standard InChI is InChI=1S/C30H33N3O9/c1-29(2,3)42-28(40)33-10-6-7-17(33)14-8-9-18(34)20-15(14)11-13-12-16-22(32(4)5)24(36)21(27(31)39)26(38)30(16,41)25(37)19(13)23(20)35/h6-10,13,16,22,34-35,38,41H,11-12H2,1-5H3,(H2,31,39)/t13-,16-,22-,30-/m0/s1. The third-order valence-corrected chi connectivity index (χ3v) is 8.22. The van der Waals surface area contributed by atoms with Crippen molar-refractivity contribution < 1.29 is 44.3 Å². The average molecular weight is 580 g/mol. The molecule has 4 atom stereocenters. The quantitative estimate of drug-likeness (QED) is 0.337. The fraction of sp³-hybridized carbons (Fsp3) is 0.400. The maximum atomic E-state index is 14.0. The number of Topliss-reactive ketones (excluding diaryl/α,β-unsaturated/α-hetero) is 2. The first-order chi connectivity index (χ1) is 19.5. The second-order valence-corrected chi connectivity index (χ2v) is 12.2. The molecule has 5 rings (SSSR count). The van der Waals surface area contributed by atoms with Gasteiger partial charge in [0.25, 0.3) is 5.91 Å². The summed E-state index contributed by atoms with van der Waals surface area (Å²) in [7, 11) is 3.07. The van der Waals surface area contributed by atoms with Crippen LogP contribution in [0.1, 0.15) is 38.3 Å². The number of carbonyl (C=O) groups is 4. The summed E-state index contributed by atoms with van der Waals surface area (Å²) < 4.78 is 6.83.